The number of fused-ring (bicyclic) bond motifs is 1. The average molecular weight is 356 g/mol. The first-order chi connectivity index (χ1) is 12.4. The van der Waals surface area contributed by atoms with Gasteiger partial charge >= 0.3 is 0 Å². The van der Waals surface area contributed by atoms with Gasteiger partial charge in [0.1, 0.15) is 0 Å². The van der Waals surface area contributed by atoms with Gasteiger partial charge in [-0.25, -0.2) is 0 Å². The number of hydrogen-bond acceptors (Lipinski definition) is 3. The molecule has 1 fully saturated rings. The van der Waals surface area contributed by atoms with Crippen molar-refractivity contribution < 1.29 is 9.59 Å². The molecule has 6 nitrogen and oxygen atoms in total. The molecular weight excluding hydrogens is 328 g/mol. The van der Waals surface area contributed by atoms with Crippen molar-refractivity contribution in [3.63, 3.8) is 0 Å². The van der Waals surface area contributed by atoms with Crippen molar-refractivity contribution in [2.75, 3.05) is 20.1 Å². The number of aromatic nitrogens is 2. The molecule has 0 aliphatic carbocycles. The van der Waals surface area contributed by atoms with Crippen molar-refractivity contribution in [1.82, 2.24) is 20.0 Å². The number of benzene rings is 1. The number of likely N-dealkylation sites (tertiary alicyclic amines) is 1. The van der Waals surface area contributed by atoms with Crippen LogP contribution in [0.4, 0.5) is 0 Å². The monoisotopic (exact) mass is 356 g/mol. The van der Waals surface area contributed by atoms with Crippen molar-refractivity contribution in [2.24, 2.45) is 5.92 Å². The molecule has 1 saturated heterocycles. The summed E-state index contributed by atoms with van der Waals surface area (Å²) in [7, 11) is 1.86. The number of hydrogen-bond donors (Lipinski definition) is 1. The molecule has 0 bridgehead atoms. The first kappa shape index (κ1) is 18.4. The van der Waals surface area contributed by atoms with Crippen LogP contribution in [0.3, 0.4) is 0 Å². The lowest BCUT2D eigenvalue weighted by molar-refractivity contribution is -0.135. The second-order valence-corrected chi connectivity index (χ2v) is 7.34. The smallest absolute Gasteiger partial charge is 0.254 e. The summed E-state index contributed by atoms with van der Waals surface area (Å²) in [6.07, 6.45) is 2.66. The van der Waals surface area contributed by atoms with Crippen LogP contribution >= 0.6 is 0 Å². The van der Waals surface area contributed by atoms with Crippen molar-refractivity contribution in [1.29, 1.82) is 0 Å². The van der Waals surface area contributed by atoms with E-state index in [9.17, 15) is 9.59 Å². The van der Waals surface area contributed by atoms with Crippen LogP contribution in [0.25, 0.3) is 10.9 Å². The SMILES string of the molecule is CCC(CC)CC(=O)N(C)C1CN(C(=O)c2ccc3c(C)[nH]nc3c2)C1. The Morgan fingerprint density at radius 3 is 2.65 bits per heavy atom. The number of carbonyl (C=O) groups is 2. The summed E-state index contributed by atoms with van der Waals surface area (Å²) in [5.41, 5.74) is 2.46. The summed E-state index contributed by atoms with van der Waals surface area (Å²) in [5, 5.41) is 8.20. The molecular formula is C20H28N4O2. The zero-order chi connectivity index (χ0) is 18.8. The number of amides is 2. The highest BCUT2D eigenvalue weighted by molar-refractivity contribution is 5.98. The van der Waals surface area contributed by atoms with Gasteiger partial charge in [0, 0.05) is 43.2 Å². The fourth-order valence-corrected chi connectivity index (χ4v) is 3.50. The molecule has 26 heavy (non-hydrogen) atoms. The third kappa shape index (κ3) is 3.45. The van der Waals surface area contributed by atoms with Crippen molar-refractivity contribution >= 4 is 22.7 Å². The standard InChI is InChI=1S/C20H28N4O2/c1-5-14(6-2)9-19(25)23(4)16-11-24(12-16)20(26)15-7-8-17-13(3)21-22-18(17)10-15/h7-8,10,14,16H,5-6,9,11-12H2,1-4H3,(H,21,22). The molecule has 0 spiro atoms. The second kappa shape index (κ2) is 7.48. The van der Waals surface area contributed by atoms with Gasteiger partial charge in [-0.3, -0.25) is 14.7 Å². The Balaban J connectivity index is 1.58. The molecule has 140 valence electrons. The molecule has 1 aromatic carbocycles. The van der Waals surface area contributed by atoms with Crippen LogP contribution in [0.5, 0.6) is 0 Å². The number of nitrogens with one attached hydrogen (secondary N) is 1. The van der Waals surface area contributed by atoms with Gasteiger partial charge in [-0.15, -0.1) is 0 Å². The Bertz CT molecular complexity index is 803. The van der Waals surface area contributed by atoms with Crippen molar-refractivity contribution in [3.8, 4) is 0 Å². The minimum Gasteiger partial charge on any atom is -0.339 e. The van der Waals surface area contributed by atoms with Gasteiger partial charge < -0.3 is 9.80 Å². The van der Waals surface area contributed by atoms with Crippen molar-refractivity contribution in [3.05, 3.63) is 29.5 Å². The lowest BCUT2D eigenvalue weighted by Crippen LogP contribution is -2.61. The molecule has 6 heteroatoms. The Kier molecular flexibility index (Phi) is 5.30. The van der Waals surface area contributed by atoms with E-state index < -0.39 is 0 Å². The zero-order valence-corrected chi connectivity index (χ0v) is 16.1. The number of likely N-dealkylation sites (N-methyl/N-ethyl adjacent to an activating group) is 1. The number of aromatic amines is 1. The van der Waals surface area contributed by atoms with E-state index in [1.165, 1.54) is 0 Å². The van der Waals surface area contributed by atoms with Crippen LogP contribution in [0.1, 0.15) is 49.2 Å². The highest BCUT2D eigenvalue weighted by Gasteiger charge is 2.36. The van der Waals surface area contributed by atoms with E-state index in [1.54, 1.807) is 4.90 Å². The minimum atomic E-state index is 0.00430. The van der Waals surface area contributed by atoms with E-state index in [-0.39, 0.29) is 17.9 Å². The van der Waals surface area contributed by atoms with Gasteiger partial charge in [-0.2, -0.15) is 5.10 Å². The predicted molar refractivity (Wildman–Crippen MR) is 102 cm³/mol. The number of aryl methyl sites for hydroxylation is 1. The third-order valence-electron chi connectivity index (χ3n) is 5.70. The van der Waals surface area contributed by atoms with Crippen LogP contribution in [0, 0.1) is 12.8 Å². The summed E-state index contributed by atoms with van der Waals surface area (Å²) < 4.78 is 0. The van der Waals surface area contributed by atoms with E-state index in [0.717, 1.165) is 29.4 Å². The average Bonchev–Trinajstić information content (AvgIpc) is 2.98. The maximum absolute atomic E-state index is 12.7. The molecule has 1 aromatic heterocycles. The first-order valence-electron chi connectivity index (χ1n) is 9.44. The topological polar surface area (TPSA) is 69.3 Å². The maximum atomic E-state index is 12.7. The van der Waals surface area contributed by atoms with E-state index in [1.807, 2.05) is 37.1 Å². The molecule has 2 heterocycles. The van der Waals surface area contributed by atoms with E-state index in [2.05, 4.69) is 24.0 Å². The van der Waals surface area contributed by atoms with Gasteiger partial charge in [0.25, 0.3) is 5.91 Å². The fourth-order valence-electron chi connectivity index (χ4n) is 3.50. The molecule has 3 rings (SSSR count). The Labute approximate surface area is 154 Å². The molecule has 1 aliphatic rings. The Morgan fingerprint density at radius 1 is 1.31 bits per heavy atom. The first-order valence-corrected chi connectivity index (χ1v) is 9.44. The highest BCUT2D eigenvalue weighted by atomic mass is 16.2. The normalized spacial score (nSPS) is 14.7. The molecule has 0 unspecified atom stereocenters. The summed E-state index contributed by atoms with van der Waals surface area (Å²) in [6.45, 7) is 7.42. The number of nitrogens with zero attached hydrogens (tertiary/aromatic N) is 3. The highest BCUT2D eigenvalue weighted by Crippen LogP contribution is 2.22. The maximum Gasteiger partial charge on any atom is 0.254 e. The largest absolute Gasteiger partial charge is 0.339 e. The van der Waals surface area contributed by atoms with Gasteiger partial charge in [0.2, 0.25) is 5.91 Å². The molecule has 2 aromatic rings. The number of H-pyrrole nitrogens is 1. The molecule has 0 radical (unpaired) electrons. The third-order valence-corrected chi connectivity index (χ3v) is 5.70. The summed E-state index contributed by atoms with van der Waals surface area (Å²) in [6, 6.07) is 5.74. The molecule has 2 amide bonds. The van der Waals surface area contributed by atoms with Crippen LogP contribution < -0.4 is 0 Å². The fraction of sp³-hybridized carbons (Fsp3) is 0.550. The Morgan fingerprint density at radius 2 is 2.00 bits per heavy atom. The van der Waals surface area contributed by atoms with E-state index in [4.69, 9.17) is 0 Å². The van der Waals surface area contributed by atoms with E-state index in [0.29, 0.717) is 31.0 Å². The second-order valence-electron chi connectivity index (χ2n) is 7.34. The number of rotatable bonds is 6. The van der Waals surface area contributed by atoms with Crippen LogP contribution in [0.2, 0.25) is 0 Å². The van der Waals surface area contributed by atoms with Crippen LogP contribution in [-0.4, -0.2) is 58.0 Å². The lowest BCUT2D eigenvalue weighted by atomic mass is 9.97. The van der Waals surface area contributed by atoms with Gasteiger partial charge in [0.15, 0.2) is 0 Å². The number of carbonyl (C=O) groups excluding carboxylic acids is 2. The lowest BCUT2D eigenvalue weighted by Gasteiger charge is -2.44. The van der Waals surface area contributed by atoms with Gasteiger partial charge in [-0.1, -0.05) is 32.8 Å². The quantitative estimate of drug-likeness (QED) is 0.865. The van der Waals surface area contributed by atoms with Crippen LogP contribution in [-0.2, 0) is 4.79 Å². The van der Waals surface area contributed by atoms with Crippen molar-refractivity contribution in [2.45, 2.75) is 46.1 Å². The molecule has 0 atom stereocenters. The zero-order valence-electron chi connectivity index (χ0n) is 16.1. The molecule has 0 saturated carbocycles. The molecule has 1 N–H and O–H groups in total. The summed E-state index contributed by atoms with van der Waals surface area (Å²) >= 11 is 0. The predicted octanol–water partition coefficient (Wildman–Crippen LogP) is 2.98. The minimum absolute atomic E-state index is 0.00430. The van der Waals surface area contributed by atoms with Gasteiger partial charge in [0.05, 0.1) is 11.6 Å². The Hall–Kier alpha value is -2.37. The molecule has 1 aliphatic heterocycles. The van der Waals surface area contributed by atoms with E-state index >= 15 is 0 Å². The summed E-state index contributed by atoms with van der Waals surface area (Å²) in [4.78, 5) is 28.7. The van der Waals surface area contributed by atoms with Gasteiger partial charge in [-0.05, 0) is 25.0 Å². The summed E-state index contributed by atoms with van der Waals surface area (Å²) in [5.74, 6) is 0.639. The van der Waals surface area contributed by atoms with Crippen LogP contribution in [0.15, 0.2) is 18.2 Å².